The minimum absolute atomic E-state index is 0.0281. The Hall–Kier alpha value is -3.30. The van der Waals surface area contributed by atoms with E-state index in [1.54, 1.807) is 37.3 Å². The first-order valence-electron chi connectivity index (χ1n) is 8.27. The van der Waals surface area contributed by atoms with Gasteiger partial charge in [-0.3, -0.25) is 14.9 Å². The van der Waals surface area contributed by atoms with Crippen molar-refractivity contribution in [3.63, 3.8) is 0 Å². The molecule has 0 aliphatic heterocycles. The number of nitrogens with zero attached hydrogens (tertiary/aromatic N) is 2. The summed E-state index contributed by atoms with van der Waals surface area (Å²) in [6, 6.07) is 11.4. The highest BCUT2D eigenvalue weighted by Gasteiger charge is 2.18. The fourth-order valence-corrected chi connectivity index (χ4v) is 3.30. The Balaban J connectivity index is 1.60. The summed E-state index contributed by atoms with van der Waals surface area (Å²) in [5.74, 6) is -1.46. The average molecular weight is 432 g/mol. The van der Waals surface area contributed by atoms with Crippen LogP contribution in [0, 0.1) is 17.0 Å². The number of nitro benzene ring substituents is 1. The molecule has 0 unspecified atom stereocenters. The molecule has 0 spiro atoms. The zero-order valence-electron chi connectivity index (χ0n) is 15.0. The Kier molecular flexibility index (Phi) is 6.20. The molecule has 3 rings (SSSR count). The monoisotopic (exact) mass is 431 g/mol. The second-order valence-electron chi connectivity index (χ2n) is 5.95. The van der Waals surface area contributed by atoms with Crippen LogP contribution in [0.3, 0.4) is 0 Å². The largest absolute Gasteiger partial charge is 0.451 e. The molecule has 148 valence electrons. The number of rotatable bonds is 6. The molecule has 8 nitrogen and oxygen atoms in total. The Morgan fingerprint density at radius 2 is 1.97 bits per heavy atom. The van der Waals surface area contributed by atoms with Crippen LogP contribution in [0.2, 0.25) is 5.02 Å². The van der Waals surface area contributed by atoms with Crippen LogP contribution in [0.5, 0.6) is 0 Å². The standard InChI is InChI=1S/C19H14ClN3O5S/c1-11-2-7-14(16(8-11)23(26)27)21-17(24)9-28-19(25)15-10-29-18(22-15)12-3-5-13(20)6-4-12/h2-8,10H,9H2,1H3,(H,21,24). The molecular weight excluding hydrogens is 418 g/mol. The van der Waals surface area contributed by atoms with E-state index >= 15 is 0 Å². The highest BCUT2D eigenvalue weighted by atomic mass is 35.5. The van der Waals surface area contributed by atoms with Gasteiger partial charge < -0.3 is 10.1 Å². The predicted octanol–water partition coefficient (Wildman–Crippen LogP) is 4.48. The van der Waals surface area contributed by atoms with E-state index in [2.05, 4.69) is 10.3 Å². The number of aromatic nitrogens is 1. The normalized spacial score (nSPS) is 10.4. The quantitative estimate of drug-likeness (QED) is 0.350. The number of hydrogen-bond donors (Lipinski definition) is 1. The number of nitro groups is 1. The molecule has 0 aliphatic rings. The fourth-order valence-electron chi connectivity index (χ4n) is 2.38. The topological polar surface area (TPSA) is 111 Å². The third-order valence-corrected chi connectivity index (χ3v) is 4.91. The highest BCUT2D eigenvalue weighted by molar-refractivity contribution is 7.13. The Morgan fingerprint density at radius 1 is 1.24 bits per heavy atom. The molecule has 0 saturated heterocycles. The van der Waals surface area contributed by atoms with Gasteiger partial charge >= 0.3 is 5.97 Å². The first-order chi connectivity index (χ1) is 13.8. The zero-order valence-corrected chi connectivity index (χ0v) is 16.6. The van der Waals surface area contributed by atoms with Crippen LogP contribution >= 0.6 is 22.9 Å². The maximum absolute atomic E-state index is 12.1. The molecule has 0 bridgehead atoms. The Bertz CT molecular complexity index is 1080. The van der Waals surface area contributed by atoms with Gasteiger partial charge in [0.1, 0.15) is 10.7 Å². The molecule has 1 N–H and O–H groups in total. The van der Waals surface area contributed by atoms with Gasteiger partial charge in [0, 0.05) is 22.0 Å². The summed E-state index contributed by atoms with van der Waals surface area (Å²) in [6.07, 6.45) is 0. The van der Waals surface area contributed by atoms with Crippen molar-refractivity contribution in [1.82, 2.24) is 4.98 Å². The summed E-state index contributed by atoms with van der Waals surface area (Å²) in [7, 11) is 0. The van der Waals surface area contributed by atoms with Crippen molar-refractivity contribution in [2.75, 3.05) is 11.9 Å². The molecular formula is C19H14ClN3O5S. The van der Waals surface area contributed by atoms with Crippen LogP contribution < -0.4 is 5.32 Å². The van der Waals surface area contributed by atoms with Gasteiger partial charge in [0.05, 0.1) is 4.92 Å². The molecule has 2 aromatic carbocycles. The fraction of sp³-hybridized carbons (Fsp3) is 0.105. The summed E-state index contributed by atoms with van der Waals surface area (Å²) in [4.78, 5) is 38.9. The number of anilines is 1. The van der Waals surface area contributed by atoms with Gasteiger partial charge in [-0.25, -0.2) is 9.78 Å². The van der Waals surface area contributed by atoms with E-state index in [1.807, 2.05) is 0 Å². The molecule has 1 amide bonds. The number of aryl methyl sites for hydroxylation is 1. The lowest BCUT2D eigenvalue weighted by molar-refractivity contribution is -0.384. The lowest BCUT2D eigenvalue weighted by atomic mass is 10.2. The molecule has 0 atom stereocenters. The van der Waals surface area contributed by atoms with Gasteiger partial charge in [-0.2, -0.15) is 0 Å². The molecule has 1 aromatic heterocycles. The lowest BCUT2D eigenvalue weighted by Crippen LogP contribution is -2.21. The third kappa shape index (κ3) is 5.15. The van der Waals surface area contributed by atoms with Crippen LogP contribution in [0.15, 0.2) is 47.8 Å². The third-order valence-electron chi connectivity index (χ3n) is 3.76. The minimum Gasteiger partial charge on any atom is -0.451 e. The number of hydrogen-bond acceptors (Lipinski definition) is 7. The summed E-state index contributed by atoms with van der Waals surface area (Å²) in [6.45, 7) is 1.10. The number of esters is 1. The highest BCUT2D eigenvalue weighted by Crippen LogP contribution is 2.26. The van der Waals surface area contributed by atoms with E-state index in [1.165, 1.54) is 28.8 Å². The van der Waals surface area contributed by atoms with Crippen LogP contribution in [-0.2, 0) is 9.53 Å². The second-order valence-corrected chi connectivity index (χ2v) is 7.24. The van der Waals surface area contributed by atoms with Gasteiger partial charge in [0.15, 0.2) is 12.3 Å². The van der Waals surface area contributed by atoms with Crippen molar-refractivity contribution in [2.24, 2.45) is 0 Å². The van der Waals surface area contributed by atoms with Gasteiger partial charge in [0.25, 0.3) is 11.6 Å². The van der Waals surface area contributed by atoms with E-state index in [4.69, 9.17) is 16.3 Å². The smallest absolute Gasteiger partial charge is 0.358 e. The second kappa shape index (κ2) is 8.80. The Morgan fingerprint density at radius 3 is 2.66 bits per heavy atom. The van der Waals surface area contributed by atoms with Gasteiger partial charge in [0.2, 0.25) is 0 Å². The summed E-state index contributed by atoms with van der Waals surface area (Å²) in [5.41, 5.74) is 1.33. The van der Waals surface area contributed by atoms with E-state index in [-0.39, 0.29) is 17.1 Å². The number of thiazole rings is 1. The summed E-state index contributed by atoms with van der Waals surface area (Å²) in [5, 5.41) is 16.2. The zero-order chi connectivity index (χ0) is 21.0. The minimum atomic E-state index is -0.769. The molecule has 0 aliphatic carbocycles. The van der Waals surface area contributed by atoms with E-state index in [9.17, 15) is 19.7 Å². The number of carbonyl (C=O) groups excluding carboxylic acids is 2. The van der Waals surface area contributed by atoms with E-state index in [0.717, 1.165) is 5.56 Å². The SMILES string of the molecule is Cc1ccc(NC(=O)COC(=O)c2csc(-c3ccc(Cl)cc3)n2)c([N+](=O)[O-])c1. The lowest BCUT2D eigenvalue weighted by Gasteiger charge is -2.07. The van der Waals surface area contributed by atoms with Crippen molar-refractivity contribution < 1.29 is 19.2 Å². The predicted molar refractivity (Wildman–Crippen MR) is 109 cm³/mol. The van der Waals surface area contributed by atoms with Crippen LogP contribution in [-0.4, -0.2) is 28.4 Å². The van der Waals surface area contributed by atoms with Crippen molar-refractivity contribution in [3.8, 4) is 10.6 Å². The average Bonchev–Trinajstić information content (AvgIpc) is 3.18. The first-order valence-corrected chi connectivity index (χ1v) is 9.53. The molecule has 0 fully saturated rings. The summed E-state index contributed by atoms with van der Waals surface area (Å²) >= 11 is 7.10. The molecule has 0 saturated carbocycles. The van der Waals surface area contributed by atoms with Crippen molar-refractivity contribution in [2.45, 2.75) is 6.92 Å². The maximum Gasteiger partial charge on any atom is 0.358 e. The van der Waals surface area contributed by atoms with Crippen LogP contribution in [0.4, 0.5) is 11.4 Å². The van der Waals surface area contributed by atoms with E-state index in [0.29, 0.717) is 15.6 Å². The summed E-state index contributed by atoms with van der Waals surface area (Å²) < 4.78 is 4.96. The number of carbonyl (C=O) groups is 2. The molecule has 10 heteroatoms. The van der Waals surface area contributed by atoms with Crippen molar-refractivity contribution in [1.29, 1.82) is 0 Å². The number of benzene rings is 2. The van der Waals surface area contributed by atoms with E-state index < -0.39 is 23.4 Å². The van der Waals surface area contributed by atoms with Crippen molar-refractivity contribution >= 4 is 46.2 Å². The van der Waals surface area contributed by atoms with Crippen LogP contribution in [0.1, 0.15) is 16.1 Å². The van der Waals surface area contributed by atoms with Gasteiger partial charge in [-0.05, 0) is 30.7 Å². The number of ether oxygens (including phenoxy) is 1. The number of halogens is 1. The molecule has 0 radical (unpaired) electrons. The van der Waals surface area contributed by atoms with Crippen molar-refractivity contribution in [3.05, 3.63) is 74.2 Å². The van der Waals surface area contributed by atoms with Crippen LogP contribution in [0.25, 0.3) is 10.6 Å². The number of nitrogens with one attached hydrogen (secondary N) is 1. The molecule has 1 heterocycles. The van der Waals surface area contributed by atoms with Gasteiger partial charge in [-0.15, -0.1) is 11.3 Å². The Labute approximate surface area is 174 Å². The molecule has 29 heavy (non-hydrogen) atoms. The maximum atomic E-state index is 12.1. The molecule has 3 aromatic rings. The number of amides is 1. The first kappa shape index (κ1) is 20.4. The van der Waals surface area contributed by atoms with Gasteiger partial charge in [-0.1, -0.05) is 29.8 Å².